The predicted molar refractivity (Wildman–Crippen MR) is 116 cm³/mol. The number of nitrogens with one attached hydrogen (secondary N) is 1. The number of aliphatic hydroxyl groups excluding tert-OH is 1. The summed E-state index contributed by atoms with van der Waals surface area (Å²) in [6.45, 7) is -0.831. The maximum absolute atomic E-state index is 13.8. The summed E-state index contributed by atoms with van der Waals surface area (Å²) in [7, 11) is 0. The predicted octanol–water partition coefficient (Wildman–Crippen LogP) is 3.73. The molecule has 1 atom stereocenters. The zero-order chi connectivity index (χ0) is 23.7. The average molecular weight is 459 g/mol. The van der Waals surface area contributed by atoms with Crippen molar-refractivity contribution in [3.8, 4) is 40.4 Å². The molecule has 2 heterocycles. The van der Waals surface area contributed by atoms with Gasteiger partial charge in [-0.3, -0.25) is 4.79 Å². The van der Waals surface area contributed by atoms with Crippen molar-refractivity contribution >= 4 is 5.91 Å². The highest BCUT2D eigenvalue weighted by molar-refractivity contribution is 5.83. The van der Waals surface area contributed by atoms with Gasteiger partial charge in [0, 0.05) is 11.1 Å². The van der Waals surface area contributed by atoms with E-state index in [1.165, 1.54) is 0 Å². The normalized spacial score (nSPS) is 14.9. The largest absolute Gasteiger partial charge is 0.378 e. The van der Waals surface area contributed by atoms with Crippen LogP contribution in [0, 0.1) is 11.3 Å². The Morgan fingerprint density at radius 2 is 1.85 bits per heavy atom. The molecule has 1 amide bonds. The monoisotopic (exact) mass is 459 g/mol. The molecule has 1 fully saturated rings. The van der Waals surface area contributed by atoms with Crippen molar-refractivity contribution in [2.75, 3.05) is 0 Å². The summed E-state index contributed by atoms with van der Waals surface area (Å²) in [6.07, 6.45) is -0.273. The Balaban J connectivity index is 1.35. The lowest BCUT2D eigenvalue weighted by Gasteiger charge is -2.14. The van der Waals surface area contributed by atoms with Crippen LogP contribution in [0.3, 0.4) is 0 Å². The molecule has 0 radical (unpaired) electrons. The molecule has 1 aliphatic rings. The quantitative estimate of drug-likeness (QED) is 0.426. The molecule has 9 nitrogen and oxygen atoms in total. The second kappa shape index (κ2) is 8.53. The Labute approximate surface area is 192 Å². The van der Waals surface area contributed by atoms with E-state index in [1.807, 2.05) is 24.3 Å². The molecule has 0 aliphatic heterocycles. The molecule has 2 aromatic carbocycles. The Hall–Kier alpha value is -4.36. The van der Waals surface area contributed by atoms with Crippen molar-refractivity contribution < 1.29 is 23.3 Å². The lowest BCUT2D eigenvalue weighted by atomic mass is 10.1. The molecule has 170 valence electrons. The highest BCUT2D eigenvalue weighted by Crippen LogP contribution is 2.35. The molecule has 5 rings (SSSR count). The highest BCUT2D eigenvalue weighted by Gasteiger charge is 2.45. The van der Waals surface area contributed by atoms with Crippen LogP contribution in [0.4, 0.5) is 4.39 Å². The second-order valence-electron chi connectivity index (χ2n) is 7.97. The summed E-state index contributed by atoms with van der Waals surface area (Å²) in [5, 5.41) is 29.9. The number of carbonyl (C=O) groups is 1. The highest BCUT2D eigenvalue weighted by atomic mass is 19.1. The summed E-state index contributed by atoms with van der Waals surface area (Å²) in [4.78, 5) is 16.5. The number of halogens is 1. The number of alkyl halides is 1. The van der Waals surface area contributed by atoms with Gasteiger partial charge in [-0.15, -0.1) is 0 Å². The van der Waals surface area contributed by atoms with Gasteiger partial charge in [-0.05, 0) is 18.4 Å². The van der Waals surface area contributed by atoms with Crippen molar-refractivity contribution in [2.45, 2.75) is 31.2 Å². The summed E-state index contributed by atoms with van der Waals surface area (Å²) in [6, 6.07) is 17.4. The van der Waals surface area contributed by atoms with Crippen molar-refractivity contribution in [1.29, 1.82) is 5.26 Å². The van der Waals surface area contributed by atoms with Gasteiger partial charge in [0.25, 0.3) is 11.8 Å². The maximum Gasteiger partial charge on any atom is 0.297 e. The van der Waals surface area contributed by atoms with Crippen molar-refractivity contribution in [3.63, 3.8) is 0 Å². The molecule has 2 aromatic heterocycles. The van der Waals surface area contributed by atoms with E-state index < -0.39 is 24.2 Å². The minimum atomic E-state index is -1.42. The molecule has 1 aliphatic carbocycles. The zero-order valence-corrected chi connectivity index (χ0v) is 17.7. The Morgan fingerprint density at radius 1 is 1.12 bits per heavy atom. The van der Waals surface area contributed by atoms with Gasteiger partial charge in [0.2, 0.25) is 11.6 Å². The molecule has 1 saturated carbocycles. The molecular formula is C24H18FN5O4. The first-order valence-corrected chi connectivity index (χ1v) is 10.5. The van der Waals surface area contributed by atoms with E-state index in [0.717, 1.165) is 0 Å². The number of amides is 1. The molecule has 4 aromatic rings. The minimum Gasteiger partial charge on any atom is -0.378 e. The van der Waals surface area contributed by atoms with E-state index >= 15 is 0 Å². The van der Waals surface area contributed by atoms with E-state index in [2.05, 4.69) is 20.6 Å². The summed E-state index contributed by atoms with van der Waals surface area (Å²) in [5.41, 5.74) is 1.30. The molecule has 10 heteroatoms. The van der Waals surface area contributed by atoms with Gasteiger partial charge in [-0.2, -0.15) is 10.2 Å². The van der Waals surface area contributed by atoms with Gasteiger partial charge in [0.1, 0.15) is 17.9 Å². The zero-order valence-electron chi connectivity index (χ0n) is 17.7. The number of hydrogen-bond acceptors (Lipinski definition) is 8. The molecule has 1 unspecified atom stereocenters. The molecule has 0 saturated heterocycles. The van der Waals surface area contributed by atoms with E-state index in [9.17, 15) is 14.3 Å². The number of rotatable bonds is 7. The second-order valence-corrected chi connectivity index (χ2v) is 7.97. The van der Waals surface area contributed by atoms with Crippen LogP contribution in [0.1, 0.15) is 30.1 Å². The van der Waals surface area contributed by atoms with Crippen LogP contribution in [0.15, 0.2) is 63.6 Å². The van der Waals surface area contributed by atoms with Crippen molar-refractivity contribution in [2.24, 2.45) is 0 Å². The third-order valence-corrected chi connectivity index (χ3v) is 5.65. The van der Waals surface area contributed by atoms with Crippen LogP contribution >= 0.6 is 0 Å². The summed E-state index contributed by atoms with van der Waals surface area (Å²) in [5.74, 6) is -0.390. The Bertz CT molecular complexity index is 1370. The molecular weight excluding hydrogens is 441 g/mol. The lowest BCUT2D eigenvalue weighted by Crippen LogP contribution is -2.38. The van der Waals surface area contributed by atoms with Crippen LogP contribution in [0.25, 0.3) is 34.3 Å². The molecule has 0 bridgehead atoms. The van der Waals surface area contributed by atoms with E-state index in [0.29, 0.717) is 35.2 Å². The smallest absolute Gasteiger partial charge is 0.297 e. The van der Waals surface area contributed by atoms with E-state index in [-0.39, 0.29) is 23.0 Å². The number of benzene rings is 2. The standard InChI is InChI=1S/C24H18FN5O4/c25-12-17-18(14-4-2-1-3-5-14)29-33-20(17)23-27-21(30-34-23)16-8-6-15(7-9-16)19(31)22(32)28-24(13-26)10-11-24/h1-9,19,31H,10-12H2,(H,28,32). The van der Waals surface area contributed by atoms with E-state index in [4.69, 9.17) is 14.3 Å². The number of carbonyl (C=O) groups excluding carboxylic acids is 1. The summed E-state index contributed by atoms with van der Waals surface area (Å²) < 4.78 is 24.4. The van der Waals surface area contributed by atoms with Crippen molar-refractivity contribution in [3.05, 3.63) is 65.7 Å². The average Bonchev–Trinajstić information content (AvgIpc) is 3.28. The SMILES string of the molecule is N#CC1(NC(=O)C(O)c2ccc(-c3noc(-c4onc(-c5ccccc5)c4CF)n3)cc2)CC1. The number of aliphatic hydroxyl groups is 1. The number of aromatic nitrogens is 3. The molecule has 0 spiro atoms. The van der Waals surface area contributed by atoms with Crippen LogP contribution in [-0.4, -0.2) is 31.8 Å². The minimum absolute atomic E-state index is 0.0212. The lowest BCUT2D eigenvalue weighted by molar-refractivity contribution is -0.130. The summed E-state index contributed by atoms with van der Waals surface area (Å²) >= 11 is 0. The first kappa shape index (κ1) is 21.5. The number of nitrogens with zero attached hydrogens (tertiary/aromatic N) is 4. The van der Waals surface area contributed by atoms with Gasteiger partial charge in [0.05, 0.1) is 11.6 Å². The first-order valence-electron chi connectivity index (χ1n) is 10.5. The first-order chi connectivity index (χ1) is 16.5. The van der Waals surface area contributed by atoms with Gasteiger partial charge in [-0.25, -0.2) is 4.39 Å². The van der Waals surface area contributed by atoms with Crippen LogP contribution in [-0.2, 0) is 11.5 Å². The van der Waals surface area contributed by atoms with Gasteiger partial charge in [0.15, 0.2) is 6.10 Å². The maximum atomic E-state index is 13.8. The van der Waals surface area contributed by atoms with Gasteiger partial charge >= 0.3 is 0 Å². The van der Waals surface area contributed by atoms with Crippen molar-refractivity contribution in [1.82, 2.24) is 20.6 Å². The van der Waals surface area contributed by atoms with Crippen LogP contribution in [0.2, 0.25) is 0 Å². The van der Waals surface area contributed by atoms with Crippen LogP contribution < -0.4 is 5.32 Å². The van der Waals surface area contributed by atoms with Crippen LogP contribution in [0.5, 0.6) is 0 Å². The fraction of sp³-hybridized carbons (Fsp3) is 0.208. The number of nitriles is 1. The fourth-order valence-corrected chi connectivity index (χ4v) is 3.52. The topological polar surface area (TPSA) is 138 Å². The fourth-order valence-electron chi connectivity index (χ4n) is 3.52. The third-order valence-electron chi connectivity index (χ3n) is 5.65. The van der Waals surface area contributed by atoms with E-state index in [1.54, 1.807) is 36.4 Å². The van der Waals surface area contributed by atoms with Gasteiger partial charge < -0.3 is 19.5 Å². The Kier molecular flexibility index (Phi) is 5.39. The Morgan fingerprint density at radius 3 is 2.50 bits per heavy atom. The van der Waals surface area contributed by atoms with Gasteiger partial charge in [-0.1, -0.05) is 64.9 Å². The molecule has 34 heavy (non-hydrogen) atoms. The third kappa shape index (κ3) is 3.93. The molecule has 2 N–H and O–H groups in total. The number of hydrogen-bond donors (Lipinski definition) is 2.